The van der Waals surface area contributed by atoms with Crippen LogP contribution in [-0.2, 0) is 14.8 Å². The summed E-state index contributed by atoms with van der Waals surface area (Å²) < 4.78 is 28.2. The average molecular weight is 372 g/mol. The van der Waals surface area contributed by atoms with Crippen LogP contribution >= 0.6 is 0 Å². The second-order valence-electron chi connectivity index (χ2n) is 6.73. The molecule has 1 aliphatic rings. The lowest BCUT2D eigenvalue weighted by molar-refractivity contribution is -0.111. The van der Waals surface area contributed by atoms with Crippen molar-refractivity contribution < 1.29 is 13.2 Å². The van der Waals surface area contributed by atoms with Crippen LogP contribution in [0.2, 0.25) is 0 Å². The van der Waals surface area contributed by atoms with Crippen molar-refractivity contribution in [1.29, 1.82) is 0 Å². The molecule has 5 nitrogen and oxygen atoms in total. The molecule has 0 saturated carbocycles. The predicted molar refractivity (Wildman–Crippen MR) is 104 cm³/mol. The number of aldehydes is 1. The summed E-state index contributed by atoms with van der Waals surface area (Å²) in [5.41, 5.74) is 6.72. The van der Waals surface area contributed by atoms with E-state index in [1.54, 1.807) is 0 Å². The van der Waals surface area contributed by atoms with Gasteiger partial charge in [0.1, 0.15) is 11.5 Å². The maximum atomic E-state index is 13.4. The molecular weight excluding hydrogens is 348 g/mol. The first-order valence-corrected chi connectivity index (χ1v) is 10.3. The first-order valence-electron chi connectivity index (χ1n) is 8.79. The Morgan fingerprint density at radius 3 is 2.65 bits per heavy atom. The lowest BCUT2D eigenvalue weighted by Gasteiger charge is -2.27. The molecule has 0 aliphatic carbocycles. The zero-order valence-electron chi connectivity index (χ0n) is 14.6. The normalized spacial score (nSPS) is 23.3. The van der Waals surface area contributed by atoms with E-state index in [-0.39, 0.29) is 12.6 Å². The van der Waals surface area contributed by atoms with Crippen molar-refractivity contribution in [3.8, 4) is 0 Å². The van der Waals surface area contributed by atoms with Crippen LogP contribution in [-0.4, -0.2) is 38.1 Å². The number of benzene rings is 2. The lowest BCUT2D eigenvalue weighted by Crippen LogP contribution is -2.41. The van der Waals surface area contributed by atoms with E-state index in [2.05, 4.69) is 6.58 Å². The third-order valence-corrected chi connectivity index (χ3v) is 7.25. The summed E-state index contributed by atoms with van der Waals surface area (Å²) in [6, 6.07) is 13.0. The fraction of sp³-hybridized carbons (Fsp3) is 0.350. The molecule has 26 heavy (non-hydrogen) atoms. The number of sulfonamides is 1. The van der Waals surface area contributed by atoms with Gasteiger partial charge in [0, 0.05) is 25.0 Å². The maximum Gasteiger partial charge on any atom is 0.224 e. The number of carbonyl (C=O) groups is 1. The fourth-order valence-electron chi connectivity index (χ4n) is 3.62. The van der Waals surface area contributed by atoms with Crippen molar-refractivity contribution in [3.05, 3.63) is 60.7 Å². The van der Waals surface area contributed by atoms with Gasteiger partial charge in [-0.25, -0.2) is 12.7 Å². The highest BCUT2D eigenvalue weighted by atomic mass is 32.2. The molecule has 2 aromatic rings. The van der Waals surface area contributed by atoms with Crippen molar-refractivity contribution >= 4 is 27.1 Å². The molecule has 2 aromatic carbocycles. The highest BCUT2D eigenvalue weighted by Crippen LogP contribution is 2.33. The second kappa shape index (κ2) is 7.70. The van der Waals surface area contributed by atoms with Gasteiger partial charge in [0.15, 0.2) is 0 Å². The van der Waals surface area contributed by atoms with Gasteiger partial charge in [0.25, 0.3) is 0 Å². The van der Waals surface area contributed by atoms with Crippen LogP contribution in [0.1, 0.15) is 23.7 Å². The van der Waals surface area contributed by atoms with Gasteiger partial charge in [-0.2, -0.15) is 0 Å². The van der Waals surface area contributed by atoms with Crippen LogP contribution in [0, 0.1) is 5.92 Å². The van der Waals surface area contributed by atoms with E-state index in [4.69, 9.17) is 5.73 Å². The van der Waals surface area contributed by atoms with Crippen molar-refractivity contribution in [1.82, 2.24) is 4.31 Å². The molecule has 1 saturated heterocycles. The highest BCUT2D eigenvalue weighted by Gasteiger charge is 2.36. The number of hydrogen-bond donors (Lipinski definition) is 1. The highest BCUT2D eigenvalue weighted by molar-refractivity contribution is 7.89. The van der Waals surface area contributed by atoms with Gasteiger partial charge in [-0.15, -0.1) is 6.58 Å². The Balaban J connectivity index is 2.03. The summed E-state index contributed by atoms with van der Waals surface area (Å²) in [6.07, 6.45) is 3.53. The molecular formula is C20H24N2O3S. The summed E-state index contributed by atoms with van der Waals surface area (Å²) in [5.74, 6) is -0.481. The largest absolute Gasteiger partial charge is 0.327 e. The number of nitrogens with zero attached hydrogens (tertiary/aromatic N) is 1. The molecule has 0 radical (unpaired) electrons. The van der Waals surface area contributed by atoms with Crippen molar-refractivity contribution in [2.75, 3.05) is 13.1 Å². The van der Waals surface area contributed by atoms with Gasteiger partial charge in [0.05, 0.1) is 0 Å². The van der Waals surface area contributed by atoms with Crippen LogP contribution in [0.25, 0.3) is 10.8 Å². The standard InChI is InChI=1S/C20H24N2O3S/c1-2-20(18-10-5-8-15-7-3-4-9-17(15)18)26(24,25)22-12-6-11-19(21)16(13-22)14-23/h2-5,7-10,14,16,19-20H,1,6,11-13,21H2. The SMILES string of the molecule is C=CC(c1cccc2ccccc12)S(=O)(=O)N1CCCC(N)C(C=O)C1. The summed E-state index contributed by atoms with van der Waals surface area (Å²) in [5, 5.41) is 1.01. The van der Waals surface area contributed by atoms with Crippen molar-refractivity contribution in [3.63, 3.8) is 0 Å². The molecule has 0 amide bonds. The zero-order chi connectivity index (χ0) is 18.7. The summed E-state index contributed by atoms with van der Waals surface area (Å²) in [6.45, 7) is 4.28. The molecule has 3 rings (SSSR count). The predicted octanol–water partition coefficient (Wildman–Crippen LogP) is 2.63. The van der Waals surface area contributed by atoms with Crippen LogP contribution in [0.15, 0.2) is 55.1 Å². The van der Waals surface area contributed by atoms with Gasteiger partial charge in [0.2, 0.25) is 10.0 Å². The van der Waals surface area contributed by atoms with Gasteiger partial charge >= 0.3 is 0 Å². The van der Waals surface area contributed by atoms with Crippen molar-refractivity contribution in [2.45, 2.75) is 24.1 Å². The maximum absolute atomic E-state index is 13.4. The number of hydrogen-bond acceptors (Lipinski definition) is 4. The van der Waals surface area contributed by atoms with Crippen LogP contribution in [0.5, 0.6) is 0 Å². The summed E-state index contributed by atoms with van der Waals surface area (Å²) in [4.78, 5) is 11.4. The van der Waals surface area contributed by atoms with E-state index in [1.807, 2.05) is 42.5 Å². The van der Waals surface area contributed by atoms with E-state index < -0.39 is 21.2 Å². The van der Waals surface area contributed by atoms with E-state index in [0.29, 0.717) is 24.9 Å². The van der Waals surface area contributed by atoms with Gasteiger partial charge in [-0.1, -0.05) is 48.5 Å². The Morgan fingerprint density at radius 1 is 1.19 bits per heavy atom. The van der Waals surface area contributed by atoms with Crippen molar-refractivity contribution in [2.24, 2.45) is 11.7 Å². The van der Waals surface area contributed by atoms with E-state index in [1.165, 1.54) is 10.4 Å². The Kier molecular flexibility index (Phi) is 5.55. The molecule has 0 aromatic heterocycles. The van der Waals surface area contributed by atoms with Crippen LogP contribution in [0.3, 0.4) is 0 Å². The number of fused-ring (bicyclic) bond motifs is 1. The number of rotatable bonds is 5. The topological polar surface area (TPSA) is 80.5 Å². The third-order valence-electron chi connectivity index (χ3n) is 5.11. The molecule has 2 N–H and O–H groups in total. The van der Waals surface area contributed by atoms with Crippen LogP contribution in [0.4, 0.5) is 0 Å². The quantitative estimate of drug-likeness (QED) is 0.646. The first kappa shape index (κ1) is 18.8. The van der Waals surface area contributed by atoms with E-state index in [0.717, 1.165) is 17.1 Å². The molecule has 0 bridgehead atoms. The Labute approximate surface area is 154 Å². The van der Waals surface area contributed by atoms with Crippen LogP contribution < -0.4 is 5.73 Å². The minimum absolute atomic E-state index is 0.127. The minimum atomic E-state index is -3.71. The molecule has 6 heteroatoms. The van der Waals surface area contributed by atoms with Gasteiger partial charge in [-0.3, -0.25) is 0 Å². The lowest BCUT2D eigenvalue weighted by atomic mass is 10.00. The first-order chi connectivity index (χ1) is 12.5. The second-order valence-corrected chi connectivity index (χ2v) is 8.79. The Bertz CT molecular complexity index is 905. The van der Waals surface area contributed by atoms with Gasteiger partial charge in [-0.05, 0) is 29.2 Å². The van der Waals surface area contributed by atoms with E-state index in [9.17, 15) is 13.2 Å². The Morgan fingerprint density at radius 2 is 1.92 bits per heavy atom. The molecule has 3 unspecified atom stereocenters. The minimum Gasteiger partial charge on any atom is -0.327 e. The molecule has 138 valence electrons. The molecule has 1 aliphatic heterocycles. The molecule has 0 spiro atoms. The smallest absolute Gasteiger partial charge is 0.224 e. The molecule has 3 atom stereocenters. The average Bonchev–Trinajstić information content (AvgIpc) is 2.84. The Hall–Kier alpha value is -2.02. The number of nitrogens with two attached hydrogens (primary N) is 1. The summed E-state index contributed by atoms with van der Waals surface area (Å²) in [7, 11) is -3.71. The zero-order valence-corrected chi connectivity index (χ0v) is 15.4. The van der Waals surface area contributed by atoms with E-state index >= 15 is 0 Å². The summed E-state index contributed by atoms with van der Waals surface area (Å²) >= 11 is 0. The molecule has 1 fully saturated rings. The number of carbonyl (C=O) groups excluding carboxylic acids is 1. The third kappa shape index (κ3) is 3.45. The fourth-order valence-corrected chi connectivity index (χ4v) is 5.48. The van der Waals surface area contributed by atoms with Gasteiger partial charge < -0.3 is 10.5 Å². The monoisotopic (exact) mass is 372 g/mol. The molecule has 1 heterocycles.